The first-order valence-electron chi connectivity index (χ1n) is 5.93. The number of nitrogens with zero attached hydrogens (tertiary/aromatic N) is 1. The van der Waals surface area contributed by atoms with E-state index in [2.05, 4.69) is 6.58 Å². The second-order valence-corrected chi connectivity index (χ2v) is 7.04. The number of hydrogen-bond donors (Lipinski definition) is 1. The second kappa shape index (κ2) is 5.20. The Bertz CT molecular complexity index is 697. The summed E-state index contributed by atoms with van der Waals surface area (Å²) in [7, 11) is -3.76. The van der Waals surface area contributed by atoms with Gasteiger partial charge in [0, 0.05) is 18.1 Å². The lowest BCUT2D eigenvalue weighted by Gasteiger charge is -2.18. The van der Waals surface area contributed by atoms with Crippen LogP contribution in [0.2, 0.25) is 5.02 Å². The van der Waals surface area contributed by atoms with E-state index in [1.54, 1.807) is 6.92 Å². The number of sulfonamides is 1. The van der Waals surface area contributed by atoms with Gasteiger partial charge in [-0.15, -0.1) is 0 Å². The van der Waals surface area contributed by atoms with Crippen molar-refractivity contribution in [1.29, 1.82) is 0 Å². The van der Waals surface area contributed by atoms with Crippen molar-refractivity contribution in [3.63, 3.8) is 0 Å². The first-order chi connectivity index (χ1) is 9.23. The number of carboxylic acids is 1. The Labute approximate surface area is 122 Å². The van der Waals surface area contributed by atoms with Crippen LogP contribution >= 0.6 is 11.6 Å². The summed E-state index contributed by atoms with van der Waals surface area (Å²) >= 11 is 5.94. The molecule has 1 aromatic carbocycles. The van der Waals surface area contributed by atoms with Gasteiger partial charge < -0.3 is 5.11 Å². The molecule has 108 valence electrons. The first kappa shape index (κ1) is 15.0. The molecule has 0 radical (unpaired) electrons. The van der Waals surface area contributed by atoms with Crippen LogP contribution in [0.5, 0.6) is 0 Å². The van der Waals surface area contributed by atoms with Crippen LogP contribution in [0, 0.1) is 6.92 Å². The molecule has 2 rings (SSSR count). The number of hydrogen-bond acceptors (Lipinski definition) is 3. The molecule has 1 heterocycles. The lowest BCUT2D eigenvalue weighted by molar-refractivity contribution is 0.0696. The van der Waals surface area contributed by atoms with E-state index in [-0.39, 0.29) is 22.0 Å². The fourth-order valence-corrected chi connectivity index (χ4v) is 4.09. The maximum Gasteiger partial charge on any atom is 0.335 e. The summed E-state index contributed by atoms with van der Waals surface area (Å²) in [6, 6.07) is 2.40. The van der Waals surface area contributed by atoms with Gasteiger partial charge in [0.25, 0.3) is 0 Å². The number of carboxylic acid groups (broad SMARTS) is 1. The Morgan fingerprint density at radius 1 is 1.45 bits per heavy atom. The maximum absolute atomic E-state index is 12.6. The zero-order chi connectivity index (χ0) is 15.1. The van der Waals surface area contributed by atoms with Gasteiger partial charge in [-0.2, -0.15) is 4.31 Å². The van der Waals surface area contributed by atoms with Gasteiger partial charge in [-0.25, -0.2) is 13.2 Å². The van der Waals surface area contributed by atoms with Gasteiger partial charge >= 0.3 is 5.97 Å². The van der Waals surface area contributed by atoms with Crippen molar-refractivity contribution >= 4 is 27.6 Å². The molecule has 1 saturated heterocycles. The normalized spacial score (nSPS) is 16.6. The minimum Gasteiger partial charge on any atom is -0.478 e. The third-order valence-electron chi connectivity index (χ3n) is 3.28. The van der Waals surface area contributed by atoms with Gasteiger partial charge in [-0.05, 0) is 31.0 Å². The van der Waals surface area contributed by atoms with E-state index in [0.29, 0.717) is 18.5 Å². The summed E-state index contributed by atoms with van der Waals surface area (Å²) in [5.41, 5.74) is 1.05. The van der Waals surface area contributed by atoms with E-state index in [4.69, 9.17) is 16.7 Å². The van der Waals surface area contributed by atoms with Crippen LogP contribution in [0.4, 0.5) is 0 Å². The monoisotopic (exact) mass is 315 g/mol. The number of benzene rings is 1. The number of aromatic carboxylic acids is 1. The van der Waals surface area contributed by atoms with Gasteiger partial charge in [0.2, 0.25) is 10.0 Å². The van der Waals surface area contributed by atoms with E-state index in [1.807, 2.05) is 0 Å². The Morgan fingerprint density at radius 3 is 2.60 bits per heavy atom. The minimum absolute atomic E-state index is 0.0582. The standard InChI is InChI=1S/C13H14ClNO4S/c1-8-3-4-15(7-8)20(18,19)12-6-10(13(16)17)5-11(14)9(12)2/h5-6H,1,3-4,7H2,2H3,(H,16,17). The molecule has 0 atom stereocenters. The Morgan fingerprint density at radius 2 is 2.10 bits per heavy atom. The van der Waals surface area contributed by atoms with Crippen LogP contribution in [0.15, 0.2) is 29.2 Å². The van der Waals surface area contributed by atoms with Crippen molar-refractivity contribution in [1.82, 2.24) is 4.31 Å². The molecule has 20 heavy (non-hydrogen) atoms. The fourth-order valence-electron chi connectivity index (χ4n) is 2.08. The first-order valence-corrected chi connectivity index (χ1v) is 7.75. The van der Waals surface area contributed by atoms with Crippen LogP contribution in [-0.4, -0.2) is 36.9 Å². The topological polar surface area (TPSA) is 74.7 Å². The third kappa shape index (κ3) is 2.59. The van der Waals surface area contributed by atoms with Crippen LogP contribution in [0.25, 0.3) is 0 Å². The van der Waals surface area contributed by atoms with Crippen molar-refractivity contribution in [2.24, 2.45) is 0 Å². The summed E-state index contributed by atoms with van der Waals surface area (Å²) < 4.78 is 26.4. The highest BCUT2D eigenvalue weighted by molar-refractivity contribution is 7.89. The molecule has 1 aliphatic heterocycles. The van der Waals surface area contributed by atoms with Crippen molar-refractivity contribution in [3.8, 4) is 0 Å². The molecule has 1 N–H and O–H groups in total. The molecule has 0 amide bonds. The highest BCUT2D eigenvalue weighted by atomic mass is 35.5. The predicted octanol–water partition coefficient (Wildman–Crippen LogP) is 2.30. The molecular weight excluding hydrogens is 302 g/mol. The highest BCUT2D eigenvalue weighted by Gasteiger charge is 2.31. The molecule has 1 fully saturated rings. The quantitative estimate of drug-likeness (QED) is 0.868. The van der Waals surface area contributed by atoms with Gasteiger partial charge in [0.05, 0.1) is 10.5 Å². The third-order valence-corrected chi connectivity index (χ3v) is 5.64. The SMILES string of the molecule is C=C1CCN(S(=O)(=O)c2cc(C(=O)O)cc(Cl)c2C)C1. The number of halogens is 1. The predicted molar refractivity (Wildman–Crippen MR) is 75.7 cm³/mol. The van der Waals surface area contributed by atoms with Crippen molar-refractivity contribution in [3.05, 3.63) is 40.4 Å². The van der Waals surface area contributed by atoms with Crippen molar-refractivity contribution in [2.45, 2.75) is 18.2 Å². The van der Waals surface area contributed by atoms with Crippen LogP contribution in [0.1, 0.15) is 22.3 Å². The lowest BCUT2D eigenvalue weighted by atomic mass is 10.1. The van der Waals surface area contributed by atoms with E-state index < -0.39 is 16.0 Å². The highest BCUT2D eigenvalue weighted by Crippen LogP contribution is 2.30. The molecular formula is C13H14ClNO4S. The van der Waals surface area contributed by atoms with Crippen molar-refractivity contribution < 1.29 is 18.3 Å². The summed E-state index contributed by atoms with van der Waals surface area (Å²) in [6.07, 6.45) is 0.616. The summed E-state index contributed by atoms with van der Waals surface area (Å²) in [5, 5.41) is 9.14. The summed E-state index contributed by atoms with van der Waals surface area (Å²) in [5.74, 6) is -1.21. The largest absolute Gasteiger partial charge is 0.478 e. The van der Waals surface area contributed by atoms with Crippen LogP contribution in [-0.2, 0) is 10.0 Å². The average Bonchev–Trinajstić information content (AvgIpc) is 2.79. The summed E-state index contributed by atoms with van der Waals surface area (Å²) in [4.78, 5) is 11.0. The molecule has 1 aromatic rings. The molecule has 5 nitrogen and oxygen atoms in total. The van der Waals surface area contributed by atoms with E-state index in [9.17, 15) is 13.2 Å². The summed E-state index contributed by atoms with van der Waals surface area (Å²) in [6.45, 7) is 5.95. The minimum atomic E-state index is -3.76. The molecule has 0 saturated carbocycles. The maximum atomic E-state index is 12.6. The molecule has 0 aliphatic carbocycles. The zero-order valence-electron chi connectivity index (χ0n) is 10.9. The zero-order valence-corrected chi connectivity index (χ0v) is 12.5. The average molecular weight is 316 g/mol. The lowest BCUT2D eigenvalue weighted by Crippen LogP contribution is -2.29. The molecule has 1 aliphatic rings. The molecule has 0 spiro atoms. The van der Waals surface area contributed by atoms with Crippen LogP contribution in [0.3, 0.4) is 0 Å². The number of carbonyl (C=O) groups is 1. The molecule has 0 bridgehead atoms. The Kier molecular flexibility index (Phi) is 3.90. The van der Waals surface area contributed by atoms with Gasteiger partial charge in [-0.1, -0.05) is 23.8 Å². The second-order valence-electron chi connectivity index (χ2n) is 4.72. The van der Waals surface area contributed by atoms with Crippen molar-refractivity contribution in [2.75, 3.05) is 13.1 Å². The van der Waals surface area contributed by atoms with Gasteiger partial charge in [0.1, 0.15) is 0 Å². The number of rotatable bonds is 3. The fraction of sp³-hybridized carbons (Fsp3) is 0.308. The Hall–Kier alpha value is -1.37. The molecule has 0 unspecified atom stereocenters. The van der Waals surface area contributed by atoms with Gasteiger partial charge in [0.15, 0.2) is 0 Å². The van der Waals surface area contributed by atoms with E-state index in [0.717, 1.165) is 11.6 Å². The van der Waals surface area contributed by atoms with Crippen LogP contribution < -0.4 is 0 Å². The van der Waals surface area contributed by atoms with E-state index >= 15 is 0 Å². The molecule has 0 aromatic heterocycles. The smallest absolute Gasteiger partial charge is 0.335 e. The Balaban J connectivity index is 2.56. The molecule has 7 heteroatoms. The van der Waals surface area contributed by atoms with Gasteiger partial charge in [-0.3, -0.25) is 0 Å². The van der Waals surface area contributed by atoms with E-state index in [1.165, 1.54) is 10.4 Å².